The maximum Gasteiger partial charge on any atom is 0.328 e. The fourth-order valence-electron chi connectivity index (χ4n) is 2.70. The lowest BCUT2D eigenvalue weighted by Gasteiger charge is -2.32. The van der Waals surface area contributed by atoms with Gasteiger partial charge in [-0.25, -0.2) is 4.79 Å². The lowest BCUT2D eigenvalue weighted by molar-refractivity contribution is -0.167. The summed E-state index contributed by atoms with van der Waals surface area (Å²) in [5.41, 5.74) is 0. The maximum atomic E-state index is 12.1. The van der Waals surface area contributed by atoms with Crippen LogP contribution in [0.15, 0.2) is 0 Å². The molecular formula is C15H23NO7. The first-order valence-electron chi connectivity index (χ1n) is 7.61. The zero-order chi connectivity index (χ0) is 17.6. The highest BCUT2D eigenvalue weighted by Gasteiger charge is 2.46. The van der Waals surface area contributed by atoms with Crippen molar-refractivity contribution in [1.82, 2.24) is 4.90 Å². The number of hydrogen-bond acceptors (Lipinski definition) is 7. The van der Waals surface area contributed by atoms with E-state index in [9.17, 15) is 19.2 Å². The molecule has 2 atom stereocenters. The third-order valence-electron chi connectivity index (χ3n) is 3.73. The molecular weight excluding hydrogens is 306 g/mol. The van der Waals surface area contributed by atoms with Crippen molar-refractivity contribution < 1.29 is 33.4 Å². The topological polar surface area (TPSA) is 99.2 Å². The maximum absolute atomic E-state index is 12.1. The van der Waals surface area contributed by atoms with Crippen molar-refractivity contribution in [3.05, 3.63) is 0 Å². The molecule has 0 spiro atoms. The molecule has 23 heavy (non-hydrogen) atoms. The van der Waals surface area contributed by atoms with Gasteiger partial charge in [-0.15, -0.1) is 0 Å². The van der Waals surface area contributed by atoms with Gasteiger partial charge in [0.05, 0.1) is 26.4 Å². The molecule has 0 aromatic heterocycles. The van der Waals surface area contributed by atoms with Gasteiger partial charge >= 0.3 is 17.9 Å². The molecule has 2 unspecified atom stereocenters. The van der Waals surface area contributed by atoms with Gasteiger partial charge in [-0.3, -0.25) is 14.4 Å². The van der Waals surface area contributed by atoms with Gasteiger partial charge in [0.1, 0.15) is 6.04 Å². The Hall–Kier alpha value is -2.12. The van der Waals surface area contributed by atoms with Gasteiger partial charge in [0.15, 0.2) is 5.92 Å². The van der Waals surface area contributed by atoms with E-state index in [0.717, 1.165) is 0 Å². The second-order valence-electron chi connectivity index (χ2n) is 5.10. The number of methoxy groups -OCH3 is 1. The number of ether oxygens (including phenoxy) is 3. The highest BCUT2D eigenvalue weighted by molar-refractivity contribution is 5.97. The first-order valence-corrected chi connectivity index (χ1v) is 7.61. The van der Waals surface area contributed by atoms with Crippen LogP contribution in [0, 0.1) is 5.92 Å². The Bertz CT molecular complexity index is 458. The molecule has 0 aliphatic carbocycles. The van der Waals surface area contributed by atoms with Gasteiger partial charge in [0.25, 0.3) is 0 Å². The fraction of sp³-hybridized carbons (Fsp3) is 0.733. The first-order chi connectivity index (χ1) is 10.9. The summed E-state index contributed by atoms with van der Waals surface area (Å²) in [5.74, 6) is -3.74. The van der Waals surface area contributed by atoms with E-state index in [0.29, 0.717) is 0 Å². The van der Waals surface area contributed by atoms with Gasteiger partial charge in [-0.1, -0.05) is 0 Å². The number of nitrogens with zero attached hydrogens (tertiary/aromatic N) is 1. The Labute approximate surface area is 135 Å². The van der Waals surface area contributed by atoms with Crippen LogP contribution in [0.4, 0.5) is 0 Å². The first kappa shape index (κ1) is 18.9. The molecule has 1 aliphatic rings. The normalized spacial score (nSPS) is 18.7. The van der Waals surface area contributed by atoms with Crippen molar-refractivity contribution >= 4 is 23.8 Å². The van der Waals surface area contributed by atoms with Crippen LogP contribution in [-0.2, 0) is 33.4 Å². The zero-order valence-electron chi connectivity index (χ0n) is 13.9. The molecule has 0 saturated carbocycles. The van der Waals surface area contributed by atoms with E-state index < -0.39 is 35.9 Å². The molecule has 0 N–H and O–H groups in total. The smallest absolute Gasteiger partial charge is 0.328 e. The van der Waals surface area contributed by atoms with Gasteiger partial charge in [0, 0.05) is 6.42 Å². The highest BCUT2D eigenvalue weighted by atomic mass is 16.6. The number of rotatable bonds is 7. The summed E-state index contributed by atoms with van der Waals surface area (Å²) in [7, 11) is 1.22. The molecule has 0 aromatic carbocycles. The quantitative estimate of drug-likeness (QED) is 0.376. The van der Waals surface area contributed by atoms with E-state index >= 15 is 0 Å². The summed E-state index contributed by atoms with van der Waals surface area (Å²) in [6.45, 7) is 4.94. The van der Waals surface area contributed by atoms with Crippen molar-refractivity contribution in [3.63, 3.8) is 0 Å². The molecule has 1 rings (SSSR count). The second-order valence-corrected chi connectivity index (χ2v) is 5.10. The average Bonchev–Trinajstić information content (AvgIpc) is 2.88. The molecule has 1 heterocycles. The Morgan fingerprint density at radius 2 is 1.70 bits per heavy atom. The van der Waals surface area contributed by atoms with Crippen molar-refractivity contribution in [2.45, 2.75) is 45.7 Å². The SMILES string of the molecule is CCOC(=O)C(C(=O)OCC)C(C)N1C(=O)CCC1C(=O)OC. The van der Waals surface area contributed by atoms with Crippen molar-refractivity contribution in [3.8, 4) is 0 Å². The van der Waals surface area contributed by atoms with Crippen LogP contribution in [0.25, 0.3) is 0 Å². The van der Waals surface area contributed by atoms with Crippen molar-refractivity contribution in [2.75, 3.05) is 20.3 Å². The Kier molecular flexibility index (Phi) is 6.99. The molecule has 1 saturated heterocycles. The van der Waals surface area contributed by atoms with Crippen LogP contribution >= 0.6 is 0 Å². The summed E-state index contributed by atoms with van der Waals surface area (Å²) in [6.07, 6.45) is 0.441. The van der Waals surface area contributed by atoms with Gasteiger partial charge in [-0.05, 0) is 27.2 Å². The summed E-state index contributed by atoms with van der Waals surface area (Å²) in [5, 5.41) is 0. The van der Waals surface area contributed by atoms with Gasteiger partial charge in [-0.2, -0.15) is 0 Å². The number of likely N-dealkylation sites (tertiary alicyclic amines) is 1. The van der Waals surface area contributed by atoms with Gasteiger partial charge < -0.3 is 19.1 Å². The number of amides is 1. The molecule has 8 heteroatoms. The third-order valence-corrected chi connectivity index (χ3v) is 3.73. The number of carbonyl (C=O) groups is 4. The Morgan fingerprint density at radius 1 is 1.17 bits per heavy atom. The van der Waals surface area contributed by atoms with Gasteiger partial charge in [0.2, 0.25) is 5.91 Å². The minimum Gasteiger partial charge on any atom is -0.467 e. The van der Waals surface area contributed by atoms with E-state index in [2.05, 4.69) is 0 Å². The van der Waals surface area contributed by atoms with E-state index in [-0.39, 0.29) is 32.0 Å². The van der Waals surface area contributed by atoms with E-state index in [1.165, 1.54) is 18.9 Å². The largest absolute Gasteiger partial charge is 0.467 e. The van der Waals surface area contributed by atoms with Crippen LogP contribution < -0.4 is 0 Å². The summed E-state index contributed by atoms with van der Waals surface area (Å²) in [4.78, 5) is 49.5. The van der Waals surface area contributed by atoms with Crippen LogP contribution in [0.1, 0.15) is 33.6 Å². The highest BCUT2D eigenvalue weighted by Crippen LogP contribution is 2.27. The lowest BCUT2D eigenvalue weighted by atomic mass is 9.99. The summed E-state index contributed by atoms with van der Waals surface area (Å²) in [6, 6.07) is -1.68. The Morgan fingerprint density at radius 3 is 2.13 bits per heavy atom. The van der Waals surface area contributed by atoms with Crippen LogP contribution in [-0.4, -0.2) is 61.1 Å². The predicted octanol–water partition coefficient (Wildman–Crippen LogP) is 0.281. The molecule has 0 aromatic rings. The van der Waals surface area contributed by atoms with E-state index in [4.69, 9.17) is 14.2 Å². The Balaban J connectivity index is 3.08. The van der Waals surface area contributed by atoms with Crippen LogP contribution in [0.5, 0.6) is 0 Å². The third kappa shape index (κ3) is 4.20. The van der Waals surface area contributed by atoms with E-state index in [1.807, 2.05) is 0 Å². The summed E-state index contributed by atoms with van der Waals surface area (Å²) >= 11 is 0. The molecule has 0 radical (unpaired) electrons. The monoisotopic (exact) mass is 329 g/mol. The predicted molar refractivity (Wildman–Crippen MR) is 78.1 cm³/mol. The summed E-state index contributed by atoms with van der Waals surface area (Å²) < 4.78 is 14.5. The molecule has 1 aliphatic heterocycles. The molecule has 130 valence electrons. The molecule has 8 nitrogen and oxygen atoms in total. The zero-order valence-corrected chi connectivity index (χ0v) is 13.9. The minimum atomic E-state index is -1.30. The average molecular weight is 329 g/mol. The van der Waals surface area contributed by atoms with Crippen molar-refractivity contribution in [2.24, 2.45) is 5.92 Å². The van der Waals surface area contributed by atoms with E-state index in [1.54, 1.807) is 13.8 Å². The van der Waals surface area contributed by atoms with Crippen LogP contribution in [0.2, 0.25) is 0 Å². The standard InChI is InChI=1S/C15H23NO7/c1-5-22-14(19)12(15(20)23-6-2)9(3)16-10(13(18)21-4)7-8-11(16)17/h9-10,12H,5-8H2,1-4H3. The van der Waals surface area contributed by atoms with Crippen LogP contribution in [0.3, 0.4) is 0 Å². The number of hydrogen-bond donors (Lipinski definition) is 0. The number of esters is 3. The minimum absolute atomic E-state index is 0.0931. The fourth-order valence-corrected chi connectivity index (χ4v) is 2.70. The lowest BCUT2D eigenvalue weighted by Crippen LogP contribution is -2.52. The second kappa shape index (κ2) is 8.50. The molecule has 0 bridgehead atoms. The molecule has 1 fully saturated rings. The van der Waals surface area contributed by atoms with Crippen molar-refractivity contribution in [1.29, 1.82) is 0 Å². The molecule has 1 amide bonds. The number of carbonyl (C=O) groups excluding carboxylic acids is 4.